The molecule has 15 heavy (non-hydrogen) atoms. The van der Waals surface area contributed by atoms with E-state index in [9.17, 15) is 4.79 Å². The van der Waals surface area contributed by atoms with Crippen molar-refractivity contribution in [1.29, 1.82) is 0 Å². The number of nitrogens with zero attached hydrogens (tertiary/aromatic N) is 2. The van der Waals surface area contributed by atoms with Crippen molar-refractivity contribution in [2.24, 2.45) is 0 Å². The first-order chi connectivity index (χ1) is 7.27. The van der Waals surface area contributed by atoms with Crippen molar-refractivity contribution >= 4 is 6.29 Å². The molecule has 4 nitrogen and oxygen atoms in total. The predicted octanol–water partition coefficient (Wildman–Crippen LogP) is 2.28. The number of rotatable bonds is 3. The van der Waals surface area contributed by atoms with Gasteiger partial charge in [0.25, 0.3) is 0 Å². The first kappa shape index (κ1) is 9.71. The number of hydrogen-bond donors (Lipinski definition) is 0. The summed E-state index contributed by atoms with van der Waals surface area (Å²) in [5, 5.41) is 4.22. The Bertz CT molecular complexity index is 482. The molecule has 0 aromatic carbocycles. The van der Waals surface area contributed by atoms with Gasteiger partial charge in [-0.25, -0.2) is 0 Å². The van der Waals surface area contributed by atoms with E-state index in [1.54, 1.807) is 12.3 Å². The van der Waals surface area contributed by atoms with E-state index in [2.05, 4.69) is 5.10 Å². The Morgan fingerprint density at radius 3 is 2.93 bits per heavy atom. The molecule has 2 aromatic heterocycles. The second kappa shape index (κ2) is 3.73. The summed E-state index contributed by atoms with van der Waals surface area (Å²) in [6.07, 6.45) is 4.00. The molecule has 0 saturated carbocycles. The van der Waals surface area contributed by atoms with Gasteiger partial charge in [0.05, 0.1) is 12.5 Å². The molecule has 0 atom stereocenters. The van der Waals surface area contributed by atoms with Gasteiger partial charge in [-0.3, -0.25) is 9.48 Å². The van der Waals surface area contributed by atoms with Crippen LogP contribution in [0.2, 0.25) is 0 Å². The second-order valence-electron chi connectivity index (χ2n) is 3.28. The van der Waals surface area contributed by atoms with Crippen molar-refractivity contribution in [3.8, 4) is 11.1 Å². The Balaban J connectivity index is 2.54. The molecule has 0 amide bonds. The molecule has 0 aliphatic rings. The zero-order valence-electron chi connectivity index (χ0n) is 8.73. The molecule has 0 aliphatic carbocycles. The van der Waals surface area contributed by atoms with E-state index in [0.29, 0.717) is 5.76 Å². The Morgan fingerprint density at radius 1 is 1.53 bits per heavy atom. The molecular formula is C11H12N2O2. The van der Waals surface area contributed by atoms with E-state index in [1.165, 1.54) is 6.26 Å². The average molecular weight is 204 g/mol. The summed E-state index contributed by atoms with van der Waals surface area (Å²) in [5.41, 5.74) is 2.80. The fourth-order valence-electron chi connectivity index (χ4n) is 1.66. The average Bonchev–Trinajstić information content (AvgIpc) is 2.83. The maximum Gasteiger partial charge on any atom is 0.185 e. The van der Waals surface area contributed by atoms with Crippen LogP contribution < -0.4 is 0 Å². The molecule has 2 rings (SSSR count). The van der Waals surface area contributed by atoms with E-state index in [1.807, 2.05) is 18.5 Å². The fourth-order valence-corrected chi connectivity index (χ4v) is 1.66. The third-order valence-corrected chi connectivity index (χ3v) is 2.50. The van der Waals surface area contributed by atoms with Gasteiger partial charge in [0.15, 0.2) is 12.0 Å². The fraction of sp³-hybridized carbons (Fsp3) is 0.273. The first-order valence-electron chi connectivity index (χ1n) is 4.83. The van der Waals surface area contributed by atoms with E-state index in [0.717, 1.165) is 29.7 Å². The standard InChI is InChI=1S/C11H12N2O2/c1-3-13-8(2)10(6-12-13)9-4-5-15-11(9)7-14/h4-7H,3H2,1-2H3. The monoisotopic (exact) mass is 204 g/mol. The van der Waals surface area contributed by atoms with E-state index >= 15 is 0 Å². The van der Waals surface area contributed by atoms with Crippen LogP contribution in [0.25, 0.3) is 11.1 Å². The van der Waals surface area contributed by atoms with Gasteiger partial charge in [-0.2, -0.15) is 5.10 Å². The minimum Gasteiger partial charge on any atom is -0.461 e. The Morgan fingerprint density at radius 2 is 2.33 bits per heavy atom. The summed E-state index contributed by atoms with van der Waals surface area (Å²) < 4.78 is 6.95. The summed E-state index contributed by atoms with van der Waals surface area (Å²) in [4.78, 5) is 10.7. The maximum atomic E-state index is 10.7. The molecule has 78 valence electrons. The summed E-state index contributed by atoms with van der Waals surface area (Å²) in [6, 6.07) is 1.79. The molecule has 0 spiro atoms. The van der Waals surface area contributed by atoms with Crippen LogP contribution in [0.15, 0.2) is 22.9 Å². The SMILES string of the molecule is CCn1ncc(-c2ccoc2C=O)c1C. The molecule has 0 N–H and O–H groups in total. The highest BCUT2D eigenvalue weighted by Crippen LogP contribution is 2.26. The van der Waals surface area contributed by atoms with Crippen molar-refractivity contribution in [1.82, 2.24) is 9.78 Å². The summed E-state index contributed by atoms with van der Waals surface area (Å²) >= 11 is 0. The zero-order chi connectivity index (χ0) is 10.8. The molecule has 0 aliphatic heterocycles. The molecule has 0 radical (unpaired) electrons. The lowest BCUT2D eigenvalue weighted by Gasteiger charge is -2.00. The highest BCUT2D eigenvalue weighted by Gasteiger charge is 2.13. The van der Waals surface area contributed by atoms with Gasteiger partial charge >= 0.3 is 0 Å². The predicted molar refractivity (Wildman–Crippen MR) is 55.7 cm³/mol. The van der Waals surface area contributed by atoms with Crippen molar-refractivity contribution in [2.75, 3.05) is 0 Å². The van der Waals surface area contributed by atoms with Gasteiger partial charge in [-0.1, -0.05) is 0 Å². The minimum atomic E-state index is 0.355. The van der Waals surface area contributed by atoms with E-state index < -0.39 is 0 Å². The third-order valence-electron chi connectivity index (χ3n) is 2.50. The number of aldehydes is 1. The van der Waals surface area contributed by atoms with Crippen molar-refractivity contribution < 1.29 is 9.21 Å². The van der Waals surface area contributed by atoms with Crippen molar-refractivity contribution in [3.05, 3.63) is 30.0 Å². The van der Waals surface area contributed by atoms with Crippen molar-refractivity contribution in [2.45, 2.75) is 20.4 Å². The molecule has 4 heteroatoms. The minimum absolute atomic E-state index is 0.355. The molecular weight excluding hydrogens is 192 g/mol. The number of aromatic nitrogens is 2. The van der Waals surface area contributed by atoms with Gasteiger partial charge < -0.3 is 4.42 Å². The van der Waals surface area contributed by atoms with Crippen molar-refractivity contribution in [3.63, 3.8) is 0 Å². The van der Waals surface area contributed by atoms with Gasteiger partial charge in [-0.15, -0.1) is 0 Å². The normalized spacial score (nSPS) is 10.5. The van der Waals surface area contributed by atoms with E-state index in [-0.39, 0.29) is 0 Å². The van der Waals surface area contributed by atoms with Gasteiger partial charge in [0, 0.05) is 23.4 Å². The third kappa shape index (κ3) is 1.48. The molecule has 0 bridgehead atoms. The number of hydrogen-bond acceptors (Lipinski definition) is 3. The van der Waals surface area contributed by atoms with Crippen LogP contribution in [0.5, 0.6) is 0 Å². The quantitative estimate of drug-likeness (QED) is 0.720. The number of aryl methyl sites for hydroxylation is 1. The van der Waals surface area contributed by atoms with Gasteiger partial charge in [0.1, 0.15) is 0 Å². The maximum absolute atomic E-state index is 10.7. The largest absolute Gasteiger partial charge is 0.461 e. The van der Waals surface area contributed by atoms with Crippen LogP contribution in [-0.2, 0) is 6.54 Å². The number of carbonyl (C=O) groups is 1. The molecule has 0 unspecified atom stereocenters. The zero-order valence-corrected chi connectivity index (χ0v) is 8.73. The van der Waals surface area contributed by atoms with Crippen LogP contribution >= 0.6 is 0 Å². The summed E-state index contributed by atoms with van der Waals surface area (Å²) in [7, 11) is 0. The van der Waals surface area contributed by atoms with Gasteiger partial charge in [0.2, 0.25) is 0 Å². The number of carbonyl (C=O) groups excluding carboxylic acids is 1. The van der Waals surface area contributed by atoms with Crippen LogP contribution in [0, 0.1) is 6.92 Å². The highest BCUT2D eigenvalue weighted by atomic mass is 16.3. The lowest BCUT2D eigenvalue weighted by Crippen LogP contribution is -1.98. The molecule has 2 heterocycles. The summed E-state index contributed by atoms with van der Waals surface area (Å²) in [6.45, 7) is 4.83. The summed E-state index contributed by atoms with van der Waals surface area (Å²) in [5.74, 6) is 0.355. The smallest absolute Gasteiger partial charge is 0.185 e. The van der Waals surface area contributed by atoms with Crippen LogP contribution in [0.4, 0.5) is 0 Å². The Hall–Kier alpha value is -1.84. The number of furan rings is 1. The Labute approximate surface area is 87.5 Å². The van der Waals surface area contributed by atoms with Crippen LogP contribution in [-0.4, -0.2) is 16.1 Å². The highest BCUT2D eigenvalue weighted by molar-refractivity contribution is 5.84. The topological polar surface area (TPSA) is 48.0 Å². The van der Waals surface area contributed by atoms with Crippen LogP contribution in [0.1, 0.15) is 23.2 Å². The van der Waals surface area contributed by atoms with Gasteiger partial charge in [-0.05, 0) is 19.9 Å². The first-order valence-corrected chi connectivity index (χ1v) is 4.83. The second-order valence-corrected chi connectivity index (χ2v) is 3.28. The molecule has 0 saturated heterocycles. The van der Waals surface area contributed by atoms with E-state index in [4.69, 9.17) is 4.42 Å². The lowest BCUT2D eigenvalue weighted by atomic mass is 10.1. The lowest BCUT2D eigenvalue weighted by molar-refractivity contribution is 0.110. The molecule has 2 aromatic rings. The molecule has 0 fully saturated rings. The Kier molecular flexibility index (Phi) is 2.41. The van der Waals surface area contributed by atoms with Crippen LogP contribution in [0.3, 0.4) is 0 Å².